The van der Waals surface area contributed by atoms with Crippen LogP contribution in [-0.2, 0) is 117 Å². The summed E-state index contributed by atoms with van der Waals surface area (Å²) < 4.78 is 14.0. The molecule has 5 nitrogen and oxygen atoms in total. The fourth-order valence-electron chi connectivity index (χ4n) is 1.91. The maximum Gasteiger partial charge on any atom is 4.00 e. The molecule has 13 heteroatoms. The zero-order valence-corrected chi connectivity index (χ0v) is 28.9. The first kappa shape index (κ1) is 63.7. The van der Waals surface area contributed by atoms with Gasteiger partial charge in [0.05, 0.1) is 6.07 Å². The van der Waals surface area contributed by atoms with E-state index in [1.165, 1.54) is 40.3 Å². The third-order valence-electron chi connectivity index (χ3n) is 3.82. The zero-order chi connectivity index (χ0) is 17.9. The second-order valence-corrected chi connectivity index (χ2v) is 6.29. The molecule has 0 saturated carbocycles. The van der Waals surface area contributed by atoms with Crippen LogP contribution in [0.1, 0.15) is 40.3 Å². The van der Waals surface area contributed by atoms with Crippen molar-refractivity contribution in [1.82, 2.24) is 0 Å². The van der Waals surface area contributed by atoms with Gasteiger partial charge >= 0.3 is 66.2 Å². The van der Waals surface area contributed by atoms with Gasteiger partial charge in [0.2, 0.25) is 0 Å². The van der Waals surface area contributed by atoms with E-state index in [2.05, 4.69) is 55.1 Å². The average molecular weight is 827 g/mol. The van der Waals surface area contributed by atoms with Crippen molar-refractivity contribution >= 4 is 49.1 Å². The molecule has 0 bridgehead atoms. The minimum Gasteiger partial charge on any atom is -2.00 e. The number of nitrogens with zero attached hydrogens (tertiary/aromatic N) is 1. The number of halogens is 1. The predicted molar refractivity (Wildman–Crippen MR) is 117 cm³/mol. The molecule has 1 aromatic carbocycles. The van der Waals surface area contributed by atoms with E-state index in [9.17, 15) is 0 Å². The number of nitriles is 1. The Morgan fingerprint density at radius 1 is 0.667 bits per heavy atom. The van der Waals surface area contributed by atoms with Crippen molar-refractivity contribution in [3.8, 4) is 6.07 Å². The molecule has 0 unspecified atom stereocenters. The monoisotopic (exact) mass is 829 g/mol. The molecule has 0 N–H and O–H groups in total. The Morgan fingerprint density at radius 2 is 0.767 bits per heavy atom. The zero-order valence-electron chi connectivity index (χ0n) is 18.7. The van der Waals surface area contributed by atoms with Crippen LogP contribution in [0.3, 0.4) is 0 Å². The van der Waals surface area contributed by atoms with E-state index in [1.54, 1.807) is 27.4 Å². The third kappa shape index (κ3) is 25.2. The van der Waals surface area contributed by atoms with Gasteiger partial charge in [-0.15, -0.1) is 0 Å². The first-order chi connectivity index (χ1) is 10.2. The number of benzene rings is 1. The van der Waals surface area contributed by atoms with Crippen LogP contribution >= 0.6 is 8.60 Å². The third-order valence-corrected chi connectivity index (χ3v) is 4.72. The molecule has 182 valence electrons. The molecule has 0 aliphatic carbocycles. The number of rotatable bonds is 3. The summed E-state index contributed by atoms with van der Waals surface area (Å²) in [5.74, 6) is 0. The van der Waals surface area contributed by atoms with Gasteiger partial charge in [0.25, 0.3) is 0 Å². The molecule has 0 heterocycles. The Morgan fingerprint density at radius 3 is 0.800 bits per heavy atom. The van der Waals surface area contributed by atoms with Crippen LogP contribution in [0.15, 0.2) is 0 Å². The minimum absolute atomic E-state index is 0. The van der Waals surface area contributed by atoms with Gasteiger partial charge in [-0.05, 0) is 74.9 Å². The predicted octanol–water partition coefficient (Wildman–Crippen LogP) is 2.09. The van der Waals surface area contributed by atoms with Crippen LogP contribution in [0.25, 0.3) is 0 Å². The summed E-state index contributed by atoms with van der Waals surface area (Å²) in [6.45, 7) is 14.7. The second-order valence-electron chi connectivity index (χ2n) is 4.74. The fraction of sp³-hybridized carbons (Fsp3) is 0.588. The molecular formula is C17H30CuIMoNO4PRuS3. The van der Waals surface area contributed by atoms with E-state index in [-0.39, 0.29) is 128 Å². The Labute approximate surface area is 261 Å². The number of hydrogen-bond donors (Lipinski definition) is 0. The van der Waals surface area contributed by atoms with Gasteiger partial charge in [0.15, 0.2) is 0 Å². The van der Waals surface area contributed by atoms with Crippen molar-refractivity contribution in [1.29, 1.82) is 5.26 Å². The molecule has 0 atom stereocenters. The molecule has 0 spiro atoms. The molecule has 30 heavy (non-hydrogen) atoms. The van der Waals surface area contributed by atoms with Crippen molar-refractivity contribution in [3.63, 3.8) is 0 Å². The summed E-state index contributed by atoms with van der Waals surface area (Å²) in [6.07, 6.45) is 0. The molecule has 0 saturated heterocycles. The maximum atomic E-state index is 7.32. The SMILES string of the molecule is CC#N.COP(OC)OC.Cc1c(C)c(C)c(C)c(C)c1C.[Cu+2].[I-].[Mo+4].[O-2].[Ru+3].[S-2].[S-2].[S-2]. The molecule has 0 aliphatic heterocycles. The van der Waals surface area contributed by atoms with Gasteiger partial charge in [-0.3, -0.25) is 0 Å². The minimum atomic E-state index is -1.05. The Balaban J connectivity index is -0.0000000250. The average Bonchev–Trinajstić information content (AvgIpc) is 2.52. The van der Waals surface area contributed by atoms with Crippen LogP contribution in [0.2, 0.25) is 0 Å². The summed E-state index contributed by atoms with van der Waals surface area (Å²) in [5, 5.41) is 7.32. The first-order valence-electron chi connectivity index (χ1n) is 7.00. The molecule has 2 radical (unpaired) electrons. The van der Waals surface area contributed by atoms with E-state index < -0.39 is 8.60 Å². The maximum absolute atomic E-state index is 7.32. The van der Waals surface area contributed by atoms with Crippen molar-refractivity contribution in [2.24, 2.45) is 0 Å². The van der Waals surface area contributed by atoms with E-state index in [0.29, 0.717) is 0 Å². The van der Waals surface area contributed by atoms with Gasteiger partial charge in [0, 0.05) is 28.3 Å². The Kier molecular flexibility index (Phi) is 82.5. The van der Waals surface area contributed by atoms with Crippen LogP contribution in [0.4, 0.5) is 0 Å². The van der Waals surface area contributed by atoms with Gasteiger partial charge in [-0.25, -0.2) is 0 Å². The molecule has 0 amide bonds. The summed E-state index contributed by atoms with van der Waals surface area (Å²) >= 11 is 0. The van der Waals surface area contributed by atoms with Gasteiger partial charge < -0.3 is 83.5 Å². The van der Waals surface area contributed by atoms with E-state index in [1.807, 2.05) is 0 Å². The number of hydrogen-bond acceptors (Lipinski definition) is 4. The molecule has 0 aliphatic rings. The van der Waals surface area contributed by atoms with Crippen LogP contribution in [0.5, 0.6) is 0 Å². The summed E-state index contributed by atoms with van der Waals surface area (Å²) in [4.78, 5) is 0. The Hall–Kier alpha value is 2.59. The molecule has 1 aromatic rings. The van der Waals surface area contributed by atoms with E-state index in [4.69, 9.17) is 5.26 Å². The van der Waals surface area contributed by atoms with Crippen molar-refractivity contribution in [2.45, 2.75) is 48.5 Å². The Bertz CT molecular complexity index is 422. The van der Waals surface area contributed by atoms with Gasteiger partial charge in [-0.1, -0.05) is 0 Å². The molecule has 1 rings (SSSR count). The van der Waals surface area contributed by atoms with E-state index in [0.717, 1.165) is 0 Å². The topological polar surface area (TPSA) is 80.0 Å². The van der Waals surface area contributed by atoms with Crippen molar-refractivity contribution < 1.29 is 101 Å². The summed E-state index contributed by atoms with van der Waals surface area (Å²) in [5.41, 5.74) is 8.73. The first-order valence-corrected chi connectivity index (χ1v) is 8.09. The van der Waals surface area contributed by atoms with E-state index >= 15 is 0 Å². The molecular weight excluding hydrogens is 797 g/mol. The fourth-order valence-corrected chi connectivity index (χ4v) is 2.36. The van der Waals surface area contributed by atoms with Gasteiger partial charge in [0.1, 0.15) is 0 Å². The largest absolute Gasteiger partial charge is 4.00 e. The smallest absolute Gasteiger partial charge is 2.00 e. The quantitative estimate of drug-likeness (QED) is 0.266. The molecule has 0 aromatic heterocycles. The summed E-state index contributed by atoms with van der Waals surface area (Å²) in [6, 6.07) is 1.75. The second kappa shape index (κ2) is 38.8. The van der Waals surface area contributed by atoms with Crippen LogP contribution < -0.4 is 24.0 Å². The summed E-state index contributed by atoms with van der Waals surface area (Å²) in [7, 11) is 3.57. The van der Waals surface area contributed by atoms with Gasteiger partial charge in [-0.2, -0.15) is 5.26 Å². The molecule has 0 fully saturated rings. The standard InChI is InChI=1S/C12H18.C3H9O3P.C2H3N.Cu.HI.Mo.O.Ru.3S/c1-7-8(2)10(4)12(6)11(5)9(7)3;1-4-7(5-2)6-3;1-2-3;;;;;;;;/h1-6H3;1-3H3;1H3;;1H;;;;;;/q;;;+2;;+4;-2;+3;3*-2/p-1. The normalized spacial score (nSPS) is 6.87. The van der Waals surface area contributed by atoms with Crippen LogP contribution in [0, 0.1) is 52.9 Å². The van der Waals surface area contributed by atoms with Crippen LogP contribution in [-0.4, -0.2) is 21.3 Å². The van der Waals surface area contributed by atoms with Crippen molar-refractivity contribution in [2.75, 3.05) is 21.3 Å². The van der Waals surface area contributed by atoms with Crippen molar-refractivity contribution in [3.05, 3.63) is 33.4 Å².